The van der Waals surface area contributed by atoms with E-state index < -0.39 is 0 Å². The third-order valence-corrected chi connectivity index (χ3v) is 3.11. The summed E-state index contributed by atoms with van der Waals surface area (Å²) in [4.78, 5) is 0. The zero-order chi connectivity index (χ0) is 13.1. The summed E-state index contributed by atoms with van der Waals surface area (Å²) in [5.74, 6) is 0.960. The van der Waals surface area contributed by atoms with Crippen LogP contribution < -0.4 is 5.32 Å². The Morgan fingerprint density at radius 3 is 3.05 bits per heavy atom. The van der Waals surface area contributed by atoms with Gasteiger partial charge in [-0.15, -0.1) is 5.10 Å². The molecule has 98 valence electrons. The van der Waals surface area contributed by atoms with Crippen LogP contribution >= 0.6 is 0 Å². The highest BCUT2D eigenvalue weighted by Crippen LogP contribution is 2.15. The summed E-state index contributed by atoms with van der Waals surface area (Å²) in [5.41, 5.74) is 3.09. The predicted molar refractivity (Wildman–Crippen MR) is 72.7 cm³/mol. The van der Waals surface area contributed by atoms with Crippen molar-refractivity contribution in [3.8, 4) is 0 Å². The van der Waals surface area contributed by atoms with Gasteiger partial charge in [-0.05, 0) is 24.7 Å². The van der Waals surface area contributed by atoms with Gasteiger partial charge in [0, 0.05) is 5.56 Å². The Morgan fingerprint density at radius 1 is 1.26 bits per heavy atom. The topological polar surface area (TPSA) is 55.9 Å². The Morgan fingerprint density at radius 2 is 2.16 bits per heavy atom. The van der Waals surface area contributed by atoms with Crippen molar-refractivity contribution in [2.24, 2.45) is 0 Å². The van der Waals surface area contributed by atoms with E-state index in [0.717, 1.165) is 35.4 Å². The number of hydrogen-bond donors (Lipinski definition) is 1. The first kappa shape index (κ1) is 11.9. The number of benzene rings is 1. The molecule has 0 bridgehead atoms. The van der Waals surface area contributed by atoms with Gasteiger partial charge in [0.25, 0.3) is 0 Å². The van der Waals surface area contributed by atoms with Crippen LogP contribution in [0.5, 0.6) is 0 Å². The number of hydrogen-bond acceptors (Lipinski definition) is 4. The van der Waals surface area contributed by atoms with E-state index in [1.807, 2.05) is 35.0 Å². The number of nitrogens with one attached hydrogen (secondary N) is 1. The standard InChI is InChI=1S/C14H16N4O/c1-2-15-9-14-11(7-8-19-14)10-18-13-6-4-3-5-12(13)16-17-18/h3-8,15H,2,9-10H2,1H3. The number of rotatable bonds is 5. The normalized spacial score (nSPS) is 11.2. The van der Waals surface area contributed by atoms with Crippen LogP contribution in [0.3, 0.4) is 0 Å². The maximum absolute atomic E-state index is 5.50. The van der Waals surface area contributed by atoms with Gasteiger partial charge in [-0.1, -0.05) is 24.3 Å². The van der Waals surface area contributed by atoms with Gasteiger partial charge in [0.15, 0.2) is 0 Å². The van der Waals surface area contributed by atoms with Gasteiger partial charge in [0.1, 0.15) is 11.3 Å². The fraction of sp³-hybridized carbons (Fsp3) is 0.286. The van der Waals surface area contributed by atoms with E-state index in [1.165, 1.54) is 0 Å². The van der Waals surface area contributed by atoms with E-state index in [2.05, 4.69) is 22.6 Å². The Labute approximate surface area is 111 Å². The first-order valence-corrected chi connectivity index (χ1v) is 6.42. The summed E-state index contributed by atoms with van der Waals surface area (Å²) < 4.78 is 7.40. The minimum absolute atomic E-state index is 0.678. The molecule has 0 saturated heterocycles. The minimum Gasteiger partial charge on any atom is -0.468 e. The van der Waals surface area contributed by atoms with Gasteiger partial charge in [-0.3, -0.25) is 0 Å². The molecule has 19 heavy (non-hydrogen) atoms. The molecule has 0 fully saturated rings. The first-order valence-electron chi connectivity index (χ1n) is 6.42. The van der Waals surface area contributed by atoms with Crippen molar-refractivity contribution in [1.29, 1.82) is 0 Å². The molecule has 0 saturated carbocycles. The second kappa shape index (κ2) is 5.24. The molecule has 2 heterocycles. The van der Waals surface area contributed by atoms with Crippen LogP contribution in [0, 0.1) is 0 Å². The van der Waals surface area contributed by atoms with Crippen molar-refractivity contribution in [2.45, 2.75) is 20.0 Å². The highest BCUT2D eigenvalue weighted by molar-refractivity contribution is 5.73. The maximum Gasteiger partial charge on any atom is 0.122 e. The fourth-order valence-electron chi connectivity index (χ4n) is 2.10. The quantitative estimate of drug-likeness (QED) is 0.760. The van der Waals surface area contributed by atoms with E-state index in [4.69, 9.17) is 4.42 Å². The lowest BCUT2D eigenvalue weighted by Crippen LogP contribution is -2.13. The molecular formula is C14H16N4O. The molecule has 0 unspecified atom stereocenters. The molecule has 0 atom stereocenters. The highest BCUT2D eigenvalue weighted by atomic mass is 16.3. The largest absolute Gasteiger partial charge is 0.468 e. The second-order valence-corrected chi connectivity index (χ2v) is 4.39. The predicted octanol–water partition coefficient (Wildman–Crippen LogP) is 2.18. The summed E-state index contributed by atoms with van der Waals surface area (Å²) >= 11 is 0. The van der Waals surface area contributed by atoms with E-state index in [0.29, 0.717) is 6.54 Å². The van der Waals surface area contributed by atoms with Crippen molar-refractivity contribution in [2.75, 3.05) is 6.54 Å². The molecule has 0 aliphatic heterocycles. The monoisotopic (exact) mass is 256 g/mol. The summed E-state index contributed by atoms with van der Waals surface area (Å²) in [6, 6.07) is 9.95. The number of aromatic nitrogens is 3. The van der Waals surface area contributed by atoms with Crippen molar-refractivity contribution < 1.29 is 4.42 Å². The first-order chi connectivity index (χ1) is 9.38. The van der Waals surface area contributed by atoms with Crippen molar-refractivity contribution in [3.05, 3.63) is 47.9 Å². The van der Waals surface area contributed by atoms with Crippen molar-refractivity contribution >= 4 is 11.0 Å². The van der Waals surface area contributed by atoms with Gasteiger partial charge in [-0.2, -0.15) is 0 Å². The minimum atomic E-state index is 0.678. The van der Waals surface area contributed by atoms with Gasteiger partial charge in [0.05, 0.1) is 24.9 Å². The molecule has 5 nitrogen and oxygen atoms in total. The zero-order valence-corrected chi connectivity index (χ0v) is 10.8. The van der Waals surface area contributed by atoms with Crippen molar-refractivity contribution in [3.63, 3.8) is 0 Å². The van der Waals surface area contributed by atoms with Crippen LogP contribution in [0.2, 0.25) is 0 Å². The molecular weight excluding hydrogens is 240 g/mol. The van der Waals surface area contributed by atoms with Gasteiger partial charge in [-0.25, -0.2) is 4.68 Å². The average molecular weight is 256 g/mol. The lowest BCUT2D eigenvalue weighted by atomic mass is 10.2. The molecule has 0 spiro atoms. The molecule has 2 aromatic heterocycles. The van der Waals surface area contributed by atoms with Crippen LogP contribution in [-0.2, 0) is 13.1 Å². The zero-order valence-electron chi connectivity index (χ0n) is 10.8. The average Bonchev–Trinajstić information content (AvgIpc) is 3.05. The Hall–Kier alpha value is -2.14. The number of para-hydroxylation sites is 1. The van der Waals surface area contributed by atoms with E-state index in [9.17, 15) is 0 Å². The van der Waals surface area contributed by atoms with E-state index in [-0.39, 0.29) is 0 Å². The fourth-order valence-corrected chi connectivity index (χ4v) is 2.10. The smallest absolute Gasteiger partial charge is 0.122 e. The molecule has 0 radical (unpaired) electrons. The summed E-state index contributed by atoms with van der Waals surface area (Å²) in [6.45, 7) is 4.42. The number of fused-ring (bicyclic) bond motifs is 1. The van der Waals surface area contributed by atoms with Crippen LogP contribution in [0.4, 0.5) is 0 Å². The lowest BCUT2D eigenvalue weighted by molar-refractivity contribution is 0.479. The third-order valence-electron chi connectivity index (χ3n) is 3.11. The number of furan rings is 1. The van der Waals surface area contributed by atoms with Crippen LogP contribution in [0.15, 0.2) is 41.0 Å². The lowest BCUT2D eigenvalue weighted by Gasteiger charge is -2.04. The summed E-state index contributed by atoms with van der Waals surface area (Å²) in [7, 11) is 0. The number of nitrogens with zero attached hydrogens (tertiary/aromatic N) is 3. The van der Waals surface area contributed by atoms with Crippen LogP contribution in [-0.4, -0.2) is 21.5 Å². The molecule has 0 aliphatic carbocycles. The molecule has 0 aliphatic rings. The maximum atomic E-state index is 5.50. The SMILES string of the molecule is CCNCc1occc1Cn1nnc2ccccc21. The third kappa shape index (κ3) is 2.37. The molecule has 3 aromatic rings. The van der Waals surface area contributed by atoms with Crippen molar-refractivity contribution in [1.82, 2.24) is 20.3 Å². The molecule has 3 rings (SSSR count). The van der Waals surface area contributed by atoms with Crippen LogP contribution in [0.25, 0.3) is 11.0 Å². The van der Waals surface area contributed by atoms with Gasteiger partial charge >= 0.3 is 0 Å². The second-order valence-electron chi connectivity index (χ2n) is 4.39. The van der Waals surface area contributed by atoms with E-state index in [1.54, 1.807) is 6.26 Å². The Kier molecular flexibility index (Phi) is 3.29. The van der Waals surface area contributed by atoms with Crippen LogP contribution in [0.1, 0.15) is 18.2 Å². The highest BCUT2D eigenvalue weighted by Gasteiger charge is 2.09. The Balaban J connectivity index is 1.87. The van der Waals surface area contributed by atoms with Gasteiger partial charge < -0.3 is 9.73 Å². The summed E-state index contributed by atoms with van der Waals surface area (Å²) in [5, 5.41) is 11.6. The molecule has 0 amide bonds. The summed E-state index contributed by atoms with van der Waals surface area (Å²) in [6.07, 6.45) is 1.72. The molecule has 1 N–H and O–H groups in total. The van der Waals surface area contributed by atoms with Gasteiger partial charge in [0.2, 0.25) is 0 Å². The molecule has 5 heteroatoms. The van der Waals surface area contributed by atoms with E-state index >= 15 is 0 Å². The Bertz CT molecular complexity index is 671. The molecule has 1 aromatic carbocycles.